The Morgan fingerprint density at radius 1 is 1.41 bits per heavy atom. The van der Waals surface area contributed by atoms with Crippen LogP contribution in [0.25, 0.3) is 0 Å². The van der Waals surface area contributed by atoms with Crippen LogP contribution in [0.2, 0.25) is 0 Å². The van der Waals surface area contributed by atoms with Crippen molar-refractivity contribution in [2.75, 3.05) is 20.1 Å². The SMILES string of the molecule is CC(O)c1ccccc1OC1CCCN(C)C1. The van der Waals surface area contributed by atoms with Crippen LogP contribution in [0, 0.1) is 0 Å². The van der Waals surface area contributed by atoms with E-state index in [0.717, 1.165) is 30.8 Å². The summed E-state index contributed by atoms with van der Waals surface area (Å²) in [6.07, 6.45) is 2.04. The zero-order chi connectivity index (χ0) is 12.3. The normalized spacial score (nSPS) is 23.4. The van der Waals surface area contributed by atoms with E-state index in [1.165, 1.54) is 6.42 Å². The summed E-state index contributed by atoms with van der Waals surface area (Å²) in [5, 5.41) is 9.70. The van der Waals surface area contributed by atoms with Gasteiger partial charge in [0.05, 0.1) is 6.10 Å². The second-order valence-electron chi connectivity index (χ2n) is 4.86. The zero-order valence-corrected chi connectivity index (χ0v) is 10.6. The molecule has 2 unspecified atom stereocenters. The van der Waals surface area contributed by atoms with Gasteiger partial charge in [-0.05, 0) is 39.4 Å². The lowest BCUT2D eigenvalue weighted by Crippen LogP contribution is -2.38. The highest BCUT2D eigenvalue weighted by atomic mass is 16.5. The predicted molar refractivity (Wildman–Crippen MR) is 68.2 cm³/mol. The third-order valence-electron chi connectivity index (χ3n) is 3.24. The number of hydrogen-bond acceptors (Lipinski definition) is 3. The molecule has 1 aliphatic heterocycles. The Labute approximate surface area is 103 Å². The summed E-state index contributed by atoms with van der Waals surface area (Å²) in [6, 6.07) is 7.75. The second-order valence-corrected chi connectivity index (χ2v) is 4.86. The van der Waals surface area contributed by atoms with Crippen molar-refractivity contribution in [3.8, 4) is 5.75 Å². The third-order valence-corrected chi connectivity index (χ3v) is 3.24. The molecule has 17 heavy (non-hydrogen) atoms. The van der Waals surface area contributed by atoms with Gasteiger partial charge in [-0.25, -0.2) is 0 Å². The van der Waals surface area contributed by atoms with Crippen molar-refractivity contribution < 1.29 is 9.84 Å². The molecule has 1 aliphatic rings. The van der Waals surface area contributed by atoms with Crippen LogP contribution in [0.3, 0.4) is 0 Å². The fourth-order valence-electron chi connectivity index (χ4n) is 2.33. The van der Waals surface area contributed by atoms with Crippen LogP contribution in [-0.2, 0) is 0 Å². The van der Waals surface area contributed by atoms with E-state index in [1.807, 2.05) is 24.3 Å². The Morgan fingerprint density at radius 2 is 2.18 bits per heavy atom. The van der Waals surface area contributed by atoms with Gasteiger partial charge in [-0.3, -0.25) is 0 Å². The molecule has 1 aromatic rings. The standard InChI is InChI=1S/C14H21NO2/c1-11(16)13-7-3-4-8-14(13)17-12-6-5-9-15(2)10-12/h3-4,7-8,11-12,16H,5-6,9-10H2,1-2H3. The fourth-order valence-corrected chi connectivity index (χ4v) is 2.33. The first-order valence-electron chi connectivity index (χ1n) is 6.29. The van der Waals surface area contributed by atoms with Crippen molar-refractivity contribution in [2.45, 2.75) is 32.0 Å². The quantitative estimate of drug-likeness (QED) is 0.872. The summed E-state index contributed by atoms with van der Waals surface area (Å²) < 4.78 is 6.02. The number of nitrogens with zero attached hydrogens (tertiary/aromatic N) is 1. The van der Waals surface area contributed by atoms with Gasteiger partial charge in [-0.1, -0.05) is 18.2 Å². The number of ether oxygens (including phenoxy) is 1. The minimum absolute atomic E-state index is 0.244. The van der Waals surface area contributed by atoms with Gasteiger partial charge < -0.3 is 14.7 Å². The Morgan fingerprint density at radius 3 is 2.88 bits per heavy atom. The highest BCUT2D eigenvalue weighted by molar-refractivity contribution is 5.34. The number of aliphatic hydroxyl groups is 1. The van der Waals surface area contributed by atoms with Crippen LogP contribution in [0.4, 0.5) is 0 Å². The number of hydrogen-bond donors (Lipinski definition) is 1. The molecule has 0 amide bonds. The van der Waals surface area contributed by atoms with Crippen molar-refractivity contribution in [3.63, 3.8) is 0 Å². The first kappa shape index (κ1) is 12.4. The summed E-state index contributed by atoms with van der Waals surface area (Å²) in [6.45, 7) is 3.89. The minimum atomic E-state index is -0.479. The van der Waals surface area contributed by atoms with E-state index >= 15 is 0 Å². The van der Waals surface area contributed by atoms with E-state index in [0.29, 0.717) is 0 Å². The van der Waals surface area contributed by atoms with E-state index in [9.17, 15) is 5.11 Å². The number of benzene rings is 1. The molecule has 1 fully saturated rings. The van der Waals surface area contributed by atoms with Crippen LogP contribution in [0.1, 0.15) is 31.4 Å². The first-order chi connectivity index (χ1) is 8.16. The number of aliphatic hydroxyl groups excluding tert-OH is 1. The second kappa shape index (κ2) is 5.52. The maximum absolute atomic E-state index is 9.70. The van der Waals surface area contributed by atoms with E-state index in [-0.39, 0.29) is 6.10 Å². The molecule has 1 heterocycles. The average molecular weight is 235 g/mol. The summed E-state index contributed by atoms with van der Waals surface area (Å²) in [5.41, 5.74) is 0.876. The number of rotatable bonds is 3. The van der Waals surface area contributed by atoms with Gasteiger partial charge in [-0.2, -0.15) is 0 Å². The first-order valence-corrected chi connectivity index (χ1v) is 6.29. The smallest absolute Gasteiger partial charge is 0.125 e. The van der Waals surface area contributed by atoms with Gasteiger partial charge in [0.25, 0.3) is 0 Å². The molecule has 3 nitrogen and oxygen atoms in total. The van der Waals surface area contributed by atoms with Gasteiger partial charge in [0.15, 0.2) is 0 Å². The van der Waals surface area contributed by atoms with Gasteiger partial charge in [-0.15, -0.1) is 0 Å². The lowest BCUT2D eigenvalue weighted by molar-refractivity contribution is 0.0991. The summed E-state index contributed by atoms with van der Waals surface area (Å²) in [7, 11) is 2.12. The molecule has 3 heteroatoms. The summed E-state index contributed by atoms with van der Waals surface area (Å²) >= 11 is 0. The maximum atomic E-state index is 9.70. The minimum Gasteiger partial charge on any atom is -0.489 e. The van der Waals surface area contributed by atoms with Gasteiger partial charge in [0, 0.05) is 12.1 Å². The highest BCUT2D eigenvalue weighted by Gasteiger charge is 2.20. The third kappa shape index (κ3) is 3.20. The Bertz CT molecular complexity index is 365. The maximum Gasteiger partial charge on any atom is 0.125 e. The van der Waals surface area contributed by atoms with Crippen LogP contribution in [-0.4, -0.2) is 36.2 Å². The summed E-state index contributed by atoms with van der Waals surface area (Å²) in [5.74, 6) is 0.822. The molecule has 2 rings (SSSR count). The average Bonchev–Trinajstić information content (AvgIpc) is 2.29. The van der Waals surface area contributed by atoms with E-state index < -0.39 is 6.10 Å². The predicted octanol–water partition coefficient (Wildman–Crippen LogP) is 2.21. The fraction of sp³-hybridized carbons (Fsp3) is 0.571. The molecule has 0 aromatic heterocycles. The molecule has 2 atom stereocenters. The van der Waals surface area contributed by atoms with Crippen LogP contribution in [0.15, 0.2) is 24.3 Å². The monoisotopic (exact) mass is 235 g/mol. The van der Waals surface area contributed by atoms with Crippen molar-refractivity contribution in [3.05, 3.63) is 29.8 Å². The number of likely N-dealkylation sites (N-methyl/N-ethyl adjacent to an activating group) is 1. The molecule has 0 saturated carbocycles. The van der Waals surface area contributed by atoms with Gasteiger partial charge >= 0.3 is 0 Å². The highest BCUT2D eigenvalue weighted by Crippen LogP contribution is 2.27. The molecule has 1 N–H and O–H groups in total. The van der Waals surface area contributed by atoms with Crippen LogP contribution >= 0.6 is 0 Å². The number of piperidine rings is 1. The molecule has 0 bridgehead atoms. The lowest BCUT2D eigenvalue weighted by atomic mass is 10.1. The molecule has 1 aromatic carbocycles. The Balaban J connectivity index is 2.07. The Hall–Kier alpha value is -1.06. The van der Waals surface area contributed by atoms with Crippen LogP contribution < -0.4 is 4.74 Å². The topological polar surface area (TPSA) is 32.7 Å². The lowest BCUT2D eigenvalue weighted by Gasteiger charge is -2.30. The van der Waals surface area contributed by atoms with Gasteiger partial charge in [0.1, 0.15) is 11.9 Å². The molecule has 94 valence electrons. The molecular formula is C14H21NO2. The Kier molecular flexibility index (Phi) is 4.02. The summed E-state index contributed by atoms with van der Waals surface area (Å²) in [4.78, 5) is 2.29. The molecule has 0 radical (unpaired) electrons. The van der Waals surface area contributed by atoms with Crippen molar-refractivity contribution >= 4 is 0 Å². The number of para-hydroxylation sites is 1. The van der Waals surface area contributed by atoms with Crippen molar-refractivity contribution in [1.82, 2.24) is 4.90 Å². The van der Waals surface area contributed by atoms with Gasteiger partial charge in [0.2, 0.25) is 0 Å². The van der Waals surface area contributed by atoms with Crippen molar-refractivity contribution in [2.24, 2.45) is 0 Å². The number of likely N-dealkylation sites (tertiary alicyclic amines) is 1. The zero-order valence-electron chi connectivity index (χ0n) is 10.6. The molecule has 0 aliphatic carbocycles. The van der Waals surface area contributed by atoms with Crippen molar-refractivity contribution in [1.29, 1.82) is 0 Å². The molecular weight excluding hydrogens is 214 g/mol. The molecule has 1 saturated heterocycles. The largest absolute Gasteiger partial charge is 0.489 e. The van der Waals surface area contributed by atoms with Crippen LogP contribution in [0.5, 0.6) is 5.75 Å². The van der Waals surface area contributed by atoms with E-state index in [4.69, 9.17) is 4.74 Å². The van der Waals surface area contributed by atoms with E-state index in [1.54, 1.807) is 6.92 Å². The van der Waals surface area contributed by atoms with E-state index in [2.05, 4.69) is 11.9 Å². The molecule has 0 spiro atoms.